The van der Waals surface area contributed by atoms with Gasteiger partial charge in [0.25, 0.3) is 5.91 Å². The molecule has 2 aromatic rings. The highest BCUT2D eigenvalue weighted by Gasteiger charge is 2.33. The van der Waals surface area contributed by atoms with E-state index in [2.05, 4.69) is 5.32 Å². The second-order valence-corrected chi connectivity index (χ2v) is 12.2. The Kier molecular flexibility index (Phi) is 8.74. The van der Waals surface area contributed by atoms with Gasteiger partial charge in [0.15, 0.2) is 0 Å². The Balaban J connectivity index is 1.56. The number of rotatable bonds is 7. The number of piperidine rings is 1. The van der Waals surface area contributed by atoms with E-state index in [4.69, 9.17) is 9.47 Å². The first-order valence-electron chi connectivity index (χ1n) is 12.8. The quantitative estimate of drug-likeness (QED) is 0.500. The van der Waals surface area contributed by atoms with Gasteiger partial charge in [0.1, 0.15) is 5.00 Å². The molecule has 1 N–H and O–H groups in total. The van der Waals surface area contributed by atoms with Crippen molar-refractivity contribution in [2.45, 2.75) is 63.4 Å². The fourth-order valence-electron chi connectivity index (χ4n) is 4.98. The number of amides is 2. The highest BCUT2D eigenvalue weighted by molar-refractivity contribution is 7.89. The molecule has 0 radical (unpaired) electrons. The largest absolute Gasteiger partial charge is 0.462 e. The third-order valence-electron chi connectivity index (χ3n) is 6.96. The summed E-state index contributed by atoms with van der Waals surface area (Å²) in [5.74, 6) is -1.02. The van der Waals surface area contributed by atoms with Gasteiger partial charge in [-0.25, -0.2) is 18.0 Å². The van der Waals surface area contributed by atoms with Gasteiger partial charge < -0.3 is 19.7 Å². The van der Waals surface area contributed by atoms with Crippen molar-refractivity contribution in [1.82, 2.24) is 9.21 Å². The van der Waals surface area contributed by atoms with Crippen LogP contribution < -0.4 is 5.32 Å². The summed E-state index contributed by atoms with van der Waals surface area (Å²) < 4.78 is 38.2. The van der Waals surface area contributed by atoms with E-state index in [1.807, 2.05) is 6.92 Å². The first kappa shape index (κ1) is 28.1. The first-order chi connectivity index (χ1) is 18.2. The fourth-order valence-corrected chi connectivity index (χ4v) is 8.00. The van der Waals surface area contributed by atoms with Gasteiger partial charge in [0.2, 0.25) is 10.0 Å². The molecular formula is C26H33N3O7S2. The van der Waals surface area contributed by atoms with Crippen molar-refractivity contribution in [1.29, 1.82) is 0 Å². The lowest BCUT2D eigenvalue weighted by molar-refractivity contribution is 0.0526. The van der Waals surface area contributed by atoms with Crippen LogP contribution in [-0.4, -0.2) is 68.4 Å². The molecule has 0 spiro atoms. The van der Waals surface area contributed by atoms with Gasteiger partial charge in [-0.05, 0) is 62.4 Å². The first-order valence-corrected chi connectivity index (χ1v) is 15.0. The Bertz CT molecular complexity index is 1300. The number of nitrogens with zero attached hydrogens (tertiary/aromatic N) is 2. The van der Waals surface area contributed by atoms with Crippen LogP contribution in [0.15, 0.2) is 29.2 Å². The predicted molar refractivity (Wildman–Crippen MR) is 143 cm³/mol. The Morgan fingerprint density at radius 3 is 2.50 bits per heavy atom. The third kappa shape index (κ3) is 5.57. The molecule has 1 unspecified atom stereocenters. The maximum atomic E-state index is 13.3. The maximum Gasteiger partial charge on any atom is 0.409 e. The van der Waals surface area contributed by atoms with E-state index in [9.17, 15) is 22.8 Å². The molecule has 2 aliphatic heterocycles. The molecule has 2 amide bonds. The van der Waals surface area contributed by atoms with Crippen LogP contribution in [0.25, 0.3) is 0 Å². The lowest BCUT2D eigenvalue weighted by atomic mass is 10.0. The van der Waals surface area contributed by atoms with Crippen molar-refractivity contribution < 1.29 is 32.3 Å². The summed E-state index contributed by atoms with van der Waals surface area (Å²) in [5, 5.41) is 3.14. The highest BCUT2D eigenvalue weighted by Crippen LogP contribution is 2.38. The topological polar surface area (TPSA) is 122 Å². The molecule has 1 atom stereocenters. The SMILES string of the molecule is CCOC(=O)c1c(NC(=O)c2ccc(S(=O)(=O)N3CCCCC3CC)cc2)sc2c1CCN(C(=O)OC)C2. The summed E-state index contributed by atoms with van der Waals surface area (Å²) in [7, 11) is -2.35. The van der Waals surface area contributed by atoms with Gasteiger partial charge in [0.05, 0.1) is 30.7 Å². The minimum Gasteiger partial charge on any atom is -0.462 e. The van der Waals surface area contributed by atoms with Gasteiger partial charge in [-0.3, -0.25) is 4.79 Å². The molecule has 1 aromatic carbocycles. The Hall–Kier alpha value is -2.96. The van der Waals surface area contributed by atoms with Gasteiger partial charge in [0, 0.05) is 29.6 Å². The molecule has 4 rings (SSSR count). The molecule has 0 bridgehead atoms. The van der Waals surface area contributed by atoms with E-state index in [0.717, 1.165) is 36.1 Å². The Morgan fingerprint density at radius 2 is 1.84 bits per heavy atom. The number of benzene rings is 1. The van der Waals surface area contributed by atoms with E-state index in [0.29, 0.717) is 30.1 Å². The van der Waals surface area contributed by atoms with Gasteiger partial charge >= 0.3 is 12.1 Å². The van der Waals surface area contributed by atoms with Crippen LogP contribution in [0, 0.1) is 0 Å². The lowest BCUT2D eigenvalue weighted by Crippen LogP contribution is -2.43. The molecule has 38 heavy (non-hydrogen) atoms. The lowest BCUT2D eigenvalue weighted by Gasteiger charge is -2.34. The zero-order chi connectivity index (χ0) is 27.4. The van der Waals surface area contributed by atoms with Crippen LogP contribution in [0.4, 0.5) is 9.80 Å². The molecule has 10 nitrogen and oxygen atoms in total. The number of anilines is 1. The fraction of sp³-hybridized carbons (Fsp3) is 0.500. The number of esters is 1. The molecule has 1 fully saturated rings. The second-order valence-electron chi connectivity index (χ2n) is 9.22. The maximum absolute atomic E-state index is 13.3. The second kappa shape index (κ2) is 11.8. The number of carbonyl (C=O) groups excluding carboxylic acids is 3. The summed E-state index contributed by atoms with van der Waals surface area (Å²) in [6, 6.07) is 5.84. The van der Waals surface area contributed by atoms with Crippen molar-refractivity contribution in [3.8, 4) is 0 Å². The highest BCUT2D eigenvalue weighted by atomic mass is 32.2. The molecule has 0 saturated carbocycles. The average Bonchev–Trinajstić information content (AvgIpc) is 3.29. The van der Waals surface area contributed by atoms with Crippen LogP contribution in [0.5, 0.6) is 0 Å². The van der Waals surface area contributed by atoms with Crippen LogP contribution >= 0.6 is 11.3 Å². The van der Waals surface area contributed by atoms with Crippen molar-refractivity contribution in [3.63, 3.8) is 0 Å². The number of nitrogens with one attached hydrogen (secondary N) is 1. The van der Waals surface area contributed by atoms with Crippen molar-refractivity contribution in [2.24, 2.45) is 0 Å². The number of ether oxygens (including phenoxy) is 2. The molecule has 12 heteroatoms. The van der Waals surface area contributed by atoms with Gasteiger partial charge in [-0.2, -0.15) is 4.31 Å². The van der Waals surface area contributed by atoms with Crippen LogP contribution in [0.3, 0.4) is 0 Å². The molecular weight excluding hydrogens is 530 g/mol. The Morgan fingerprint density at radius 1 is 1.11 bits per heavy atom. The number of hydrogen-bond donors (Lipinski definition) is 1. The molecule has 1 aromatic heterocycles. The van der Waals surface area contributed by atoms with Crippen molar-refractivity contribution in [2.75, 3.05) is 32.1 Å². The molecule has 1 saturated heterocycles. The zero-order valence-electron chi connectivity index (χ0n) is 21.8. The standard InChI is InChI=1S/C26H33N3O7S2/c1-4-18-8-6-7-14-29(18)38(33,34)19-11-9-17(10-12-19)23(30)27-24-22(25(31)36-5-2)20-13-15-28(26(32)35-3)16-21(20)37-24/h9-12,18H,4-8,13-16H2,1-3H3,(H,27,30). The average molecular weight is 564 g/mol. The smallest absolute Gasteiger partial charge is 0.409 e. The summed E-state index contributed by atoms with van der Waals surface area (Å²) in [6.07, 6.45) is 3.42. The monoisotopic (exact) mass is 563 g/mol. The minimum atomic E-state index is -3.67. The van der Waals surface area contributed by atoms with Crippen LogP contribution in [0.1, 0.15) is 70.7 Å². The minimum absolute atomic E-state index is 0.0157. The summed E-state index contributed by atoms with van der Waals surface area (Å²) >= 11 is 1.21. The van der Waals surface area contributed by atoms with E-state index >= 15 is 0 Å². The number of carbonyl (C=O) groups is 3. The van der Waals surface area contributed by atoms with E-state index in [1.165, 1.54) is 47.6 Å². The van der Waals surface area contributed by atoms with Gasteiger partial charge in [-0.1, -0.05) is 13.3 Å². The number of thiophene rings is 1. The summed E-state index contributed by atoms with van der Waals surface area (Å²) in [4.78, 5) is 40.4. The van der Waals surface area contributed by atoms with E-state index < -0.39 is 28.0 Å². The van der Waals surface area contributed by atoms with Crippen molar-refractivity contribution >= 4 is 44.3 Å². The number of hydrogen-bond acceptors (Lipinski definition) is 8. The van der Waals surface area contributed by atoms with Crippen LogP contribution in [-0.2, 0) is 32.5 Å². The zero-order valence-corrected chi connectivity index (χ0v) is 23.5. The number of methoxy groups -OCH3 is 1. The normalized spacial score (nSPS) is 18.0. The molecule has 3 heterocycles. The molecule has 2 aliphatic rings. The van der Waals surface area contributed by atoms with Crippen molar-refractivity contribution in [3.05, 3.63) is 45.8 Å². The Labute approximate surface area is 226 Å². The van der Waals surface area contributed by atoms with E-state index in [1.54, 1.807) is 11.2 Å². The number of sulfonamides is 1. The molecule has 0 aliphatic carbocycles. The van der Waals surface area contributed by atoms with Crippen LogP contribution in [0.2, 0.25) is 0 Å². The summed E-state index contributed by atoms with van der Waals surface area (Å²) in [5.41, 5.74) is 1.30. The predicted octanol–water partition coefficient (Wildman–Crippen LogP) is 4.25. The molecule has 206 valence electrons. The van der Waals surface area contributed by atoms with Gasteiger partial charge in [-0.15, -0.1) is 11.3 Å². The van der Waals surface area contributed by atoms with E-state index in [-0.39, 0.29) is 29.7 Å². The number of fused-ring (bicyclic) bond motifs is 1. The summed E-state index contributed by atoms with van der Waals surface area (Å²) in [6.45, 7) is 5.01. The third-order valence-corrected chi connectivity index (χ3v) is 10.1.